The van der Waals surface area contributed by atoms with E-state index in [-0.39, 0.29) is 0 Å². The fourth-order valence-electron chi connectivity index (χ4n) is 3.37. The van der Waals surface area contributed by atoms with E-state index in [2.05, 4.69) is 40.2 Å². The Kier molecular flexibility index (Phi) is 3.27. The average molecular weight is 329 g/mol. The van der Waals surface area contributed by atoms with Gasteiger partial charge in [-0.2, -0.15) is 0 Å². The van der Waals surface area contributed by atoms with Crippen molar-refractivity contribution in [2.45, 2.75) is 24.1 Å². The van der Waals surface area contributed by atoms with Crippen molar-refractivity contribution in [3.8, 4) is 0 Å². The first-order valence-electron chi connectivity index (χ1n) is 6.49. The summed E-state index contributed by atoms with van der Waals surface area (Å²) < 4.78 is 23.2. The first kappa shape index (κ1) is 12.7. The summed E-state index contributed by atoms with van der Waals surface area (Å²) in [6, 6.07) is 8.51. The number of rotatable bonds is 1. The van der Waals surface area contributed by atoms with Crippen molar-refractivity contribution in [1.29, 1.82) is 0 Å². The molecule has 4 heteroatoms. The molecule has 1 aliphatic heterocycles. The highest BCUT2D eigenvalue weighted by Crippen LogP contribution is 2.46. The Bertz CT molecular complexity index is 553. The lowest BCUT2D eigenvalue weighted by Gasteiger charge is -2.33. The minimum Gasteiger partial charge on any atom is -0.229 e. The highest BCUT2D eigenvalue weighted by Gasteiger charge is 2.39. The van der Waals surface area contributed by atoms with E-state index in [1.165, 1.54) is 11.1 Å². The van der Waals surface area contributed by atoms with E-state index < -0.39 is 9.84 Å². The molecule has 3 rings (SSSR count). The van der Waals surface area contributed by atoms with Gasteiger partial charge >= 0.3 is 0 Å². The maximum absolute atomic E-state index is 11.6. The third-order valence-corrected chi connectivity index (χ3v) is 7.31. The molecule has 1 heterocycles. The highest BCUT2D eigenvalue weighted by atomic mass is 79.9. The summed E-state index contributed by atoms with van der Waals surface area (Å²) in [5.41, 5.74) is 2.77. The third-order valence-electron chi connectivity index (χ3n) is 4.35. The van der Waals surface area contributed by atoms with Crippen LogP contribution in [0.1, 0.15) is 28.8 Å². The molecule has 1 aromatic rings. The van der Waals surface area contributed by atoms with Gasteiger partial charge in [-0.1, -0.05) is 40.2 Å². The van der Waals surface area contributed by atoms with E-state index in [9.17, 15) is 8.42 Å². The van der Waals surface area contributed by atoms with E-state index >= 15 is 0 Å². The van der Waals surface area contributed by atoms with Crippen LogP contribution in [0, 0.1) is 11.8 Å². The van der Waals surface area contributed by atoms with Gasteiger partial charge in [-0.15, -0.1) is 0 Å². The van der Waals surface area contributed by atoms with Crippen LogP contribution in [-0.4, -0.2) is 19.9 Å². The van der Waals surface area contributed by atoms with Crippen LogP contribution in [0.2, 0.25) is 0 Å². The van der Waals surface area contributed by atoms with E-state index in [0.29, 0.717) is 28.2 Å². The first-order chi connectivity index (χ1) is 8.57. The highest BCUT2D eigenvalue weighted by molar-refractivity contribution is 9.09. The molecule has 0 amide bonds. The van der Waals surface area contributed by atoms with Crippen molar-refractivity contribution in [2.24, 2.45) is 11.8 Å². The summed E-state index contributed by atoms with van der Waals surface area (Å²) >= 11 is 3.81. The number of sulfone groups is 1. The molecular weight excluding hydrogens is 312 g/mol. The zero-order valence-electron chi connectivity index (χ0n) is 10.2. The third kappa shape index (κ3) is 2.25. The van der Waals surface area contributed by atoms with Crippen molar-refractivity contribution in [2.75, 3.05) is 11.5 Å². The predicted molar refractivity (Wildman–Crippen MR) is 76.7 cm³/mol. The van der Waals surface area contributed by atoms with E-state index in [4.69, 9.17) is 0 Å². The molecule has 2 nitrogen and oxygen atoms in total. The number of alkyl halides is 1. The second-order valence-electron chi connectivity index (χ2n) is 5.47. The summed E-state index contributed by atoms with van der Waals surface area (Å²) in [6.07, 6.45) is 3.03. The lowest BCUT2D eigenvalue weighted by atomic mass is 9.77. The normalized spacial score (nSPS) is 34.2. The standard InChI is InChI=1S/C14H17BrO2S/c15-14-12-4-2-1-3-10(12)5-6-13(14)11-7-8-18(16,17)9-11/h1-4,11,13-14H,5-9H2. The molecule has 3 atom stereocenters. The fraction of sp³-hybridized carbons (Fsp3) is 0.571. The summed E-state index contributed by atoms with van der Waals surface area (Å²) in [7, 11) is -2.77. The summed E-state index contributed by atoms with van der Waals surface area (Å²) in [4.78, 5) is 0.320. The van der Waals surface area contributed by atoms with Gasteiger partial charge in [0, 0.05) is 4.83 Å². The molecule has 0 saturated carbocycles. The van der Waals surface area contributed by atoms with Gasteiger partial charge in [0.15, 0.2) is 9.84 Å². The zero-order valence-corrected chi connectivity index (χ0v) is 12.6. The number of aryl methyl sites for hydroxylation is 1. The monoisotopic (exact) mass is 328 g/mol. The molecule has 3 unspecified atom stereocenters. The largest absolute Gasteiger partial charge is 0.229 e. The molecular formula is C14H17BrO2S. The Balaban J connectivity index is 1.85. The smallest absolute Gasteiger partial charge is 0.150 e. The number of benzene rings is 1. The number of fused-ring (bicyclic) bond motifs is 1. The molecule has 0 radical (unpaired) electrons. The summed E-state index contributed by atoms with van der Waals surface area (Å²) in [6.45, 7) is 0. The van der Waals surface area contributed by atoms with Gasteiger partial charge in [-0.3, -0.25) is 0 Å². The Hall–Kier alpha value is -0.350. The molecule has 2 aliphatic rings. The second-order valence-corrected chi connectivity index (χ2v) is 8.68. The maximum Gasteiger partial charge on any atom is 0.150 e. The van der Waals surface area contributed by atoms with Crippen LogP contribution in [0.25, 0.3) is 0 Å². The Morgan fingerprint density at radius 3 is 2.67 bits per heavy atom. The van der Waals surface area contributed by atoms with Crippen LogP contribution in [-0.2, 0) is 16.3 Å². The summed E-state index contributed by atoms with van der Waals surface area (Å²) in [5.74, 6) is 1.59. The number of hydrogen-bond donors (Lipinski definition) is 0. The molecule has 1 saturated heterocycles. The van der Waals surface area contributed by atoms with Crippen LogP contribution >= 0.6 is 15.9 Å². The molecule has 1 aromatic carbocycles. The van der Waals surface area contributed by atoms with Gasteiger partial charge in [0.1, 0.15) is 0 Å². The Morgan fingerprint density at radius 1 is 1.17 bits per heavy atom. The van der Waals surface area contributed by atoms with Gasteiger partial charge < -0.3 is 0 Å². The molecule has 0 N–H and O–H groups in total. The lowest BCUT2D eigenvalue weighted by Crippen LogP contribution is -2.25. The maximum atomic E-state index is 11.6. The van der Waals surface area contributed by atoms with Gasteiger partial charge in [-0.05, 0) is 42.2 Å². The Morgan fingerprint density at radius 2 is 1.94 bits per heavy atom. The first-order valence-corrected chi connectivity index (χ1v) is 9.23. The summed E-state index contributed by atoms with van der Waals surface area (Å²) in [5, 5.41) is 0. The van der Waals surface area contributed by atoms with E-state index in [1.54, 1.807) is 0 Å². The van der Waals surface area contributed by atoms with Crippen LogP contribution in [0.15, 0.2) is 24.3 Å². The van der Waals surface area contributed by atoms with Crippen molar-refractivity contribution in [3.63, 3.8) is 0 Å². The Labute approximate surface area is 117 Å². The van der Waals surface area contributed by atoms with Crippen molar-refractivity contribution >= 4 is 25.8 Å². The SMILES string of the molecule is O=S1(=O)CCC(C2CCc3ccccc3C2Br)C1. The topological polar surface area (TPSA) is 34.1 Å². The van der Waals surface area contributed by atoms with E-state index in [1.807, 2.05) is 0 Å². The van der Waals surface area contributed by atoms with Crippen molar-refractivity contribution in [3.05, 3.63) is 35.4 Å². The molecule has 98 valence electrons. The minimum absolute atomic E-state index is 0.320. The molecule has 18 heavy (non-hydrogen) atoms. The zero-order chi connectivity index (χ0) is 12.8. The van der Waals surface area contributed by atoms with Crippen LogP contribution in [0.3, 0.4) is 0 Å². The quantitative estimate of drug-likeness (QED) is 0.742. The molecule has 0 aromatic heterocycles. The van der Waals surface area contributed by atoms with Gasteiger partial charge in [0.05, 0.1) is 11.5 Å². The number of hydrogen-bond acceptors (Lipinski definition) is 2. The minimum atomic E-state index is -2.77. The van der Waals surface area contributed by atoms with Crippen LogP contribution in [0.5, 0.6) is 0 Å². The van der Waals surface area contributed by atoms with Crippen LogP contribution in [0.4, 0.5) is 0 Å². The predicted octanol–water partition coefficient (Wildman–Crippen LogP) is 3.12. The van der Waals surface area contributed by atoms with Crippen molar-refractivity contribution in [1.82, 2.24) is 0 Å². The molecule has 0 bridgehead atoms. The lowest BCUT2D eigenvalue weighted by molar-refractivity contribution is 0.324. The fourth-order valence-corrected chi connectivity index (χ4v) is 6.40. The van der Waals surface area contributed by atoms with Gasteiger partial charge in [0.25, 0.3) is 0 Å². The molecule has 0 spiro atoms. The average Bonchev–Trinajstić information content (AvgIpc) is 2.70. The van der Waals surface area contributed by atoms with Crippen molar-refractivity contribution < 1.29 is 8.42 Å². The molecule has 1 aliphatic carbocycles. The van der Waals surface area contributed by atoms with Gasteiger partial charge in [0.2, 0.25) is 0 Å². The van der Waals surface area contributed by atoms with E-state index in [0.717, 1.165) is 19.3 Å². The number of halogens is 1. The van der Waals surface area contributed by atoms with Gasteiger partial charge in [-0.25, -0.2) is 8.42 Å². The van der Waals surface area contributed by atoms with Crippen LogP contribution < -0.4 is 0 Å². The molecule has 1 fully saturated rings. The second kappa shape index (κ2) is 4.64.